The maximum Gasteiger partial charge on any atom is 0.228 e. The van der Waals surface area contributed by atoms with Crippen LogP contribution in [-0.4, -0.2) is 24.7 Å². The summed E-state index contributed by atoms with van der Waals surface area (Å²) in [6, 6.07) is 1.67. The van der Waals surface area contributed by atoms with Gasteiger partial charge in [0, 0.05) is 28.3 Å². The molecular weight excluding hydrogens is 393 g/mol. The van der Waals surface area contributed by atoms with Crippen LogP contribution in [0.25, 0.3) is 0 Å². The fourth-order valence-electron chi connectivity index (χ4n) is 3.34. The van der Waals surface area contributed by atoms with Gasteiger partial charge in [-0.2, -0.15) is 0 Å². The van der Waals surface area contributed by atoms with Crippen molar-refractivity contribution in [2.75, 3.05) is 6.86 Å². The van der Waals surface area contributed by atoms with Crippen molar-refractivity contribution in [1.29, 1.82) is 0 Å². The molecule has 0 spiro atoms. The molecule has 1 aliphatic heterocycles. The largest absolute Gasteiger partial charge is 0.485 e. The summed E-state index contributed by atoms with van der Waals surface area (Å²) in [5.74, 6) is 0.104. The summed E-state index contributed by atoms with van der Waals surface area (Å²) >= 11 is 3.52. The molecule has 5 nitrogen and oxygen atoms in total. The summed E-state index contributed by atoms with van der Waals surface area (Å²) in [7, 11) is 0. The van der Waals surface area contributed by atoms with Crippen LogP contribution in [0.5, 0.6) is 11.5 Å². The SMILES string of the molecule is CC(CCc1c(Br)cc(OCF)c2c1C1C=CC(=O)CC1O2)C(N)=O. The van der Waals surface area contributed by atoms with Gasteiger partial charge in [0.05, 0.1) is 0 Å². The van der Waals surface area contributed by atoms with Gasteiger partial charge in [0.1, 0.15) is 6.10 Å². The Morgan fingerprint density at radius 2 is 2.32 bits per heavy atom. The van der Waals surface area contributed by atoms with Crippen LogP contribution in [-0.2, 0) is 16.0 Å². The van der Waals surface area contributed by atoms with Gasteiger partial charge in [-0.25, -0.2) is 4.39 Å². The maximum absolute atomic E-state index is 12.7. The van der Waals surface area contributed by atoms with Crippen LogP contribution in [0, 0.1) is 5.92 Å². The lowest BCUT2D eigenvalue weighted by atomic mass is 9.84. The number of fused-ring (bicyclic) bond motifs is 3. The lowest BCUT2D eigenvalue weighted by molar-refractivity contribution is -0.121. The van der Waals surface area contributed by atoms with Crippen molar-refractivity contribution in [3.8, 4) is 11.5 Å². The van der Waals surface area contributed by atoms with E-state index in [-0.39, 0.29) is 36.1 Å². The predicted octanol–water partition coefficient (Wildman–Crippen LogP) is 3.18. The zero-order valence-corrected chi connectivity index (χ0v) is 15.3. The van der Waals surface area contributed by atoms with E-state index in [9.17, 15) is 14.0 Å². The van der Waals surface area contributed by atoms with E-state index in [1.165, 1.54) is 0 Å². The molecule has 134 valence electrons. The van der Waals surface area contributed by atoms with Crippen LogP contribution in [0.4, 0.5) is 4.39 Å². The van der Waals surface area contributed by atoms with Gasteiger partial charge in [0.2, 0.25) is 12.8 Å². The standard InChI is InChI=1S/C18H19BrFNO4/c1-9(18(21)23)2-4-11-13(19)7-15(24-8-20)17-16(11)12-5-3-10(22)6-14(12)25-17/h3,5,7,9,12,14H,2,4,6,8H2,1H3,(H2,21,23). The highest BCUT2D eigenvalue weighted by molar-refractivity contribution is 9.10. The fourth-order valence-corrected chi connectivity index (χ4v) is 3.96. The minimum atomic E-state index is -0.968. The molecule has 0 fully saturated rings. The summed E-state index contributed by atoms with van der Waals surface area (Å²) in [6.07, 6.45) is 4.55. The van der Waals surface area contributed by atoms with Crippen molar-refractivity contribution in [3.05, 3.63) is 33.8 Å². The van der Waals surface area contributed by atoms with Crippen molar-refractivity contribution < 1.29 is 23.5 Å². The van der Waals surface area contributed by atoms with Gasteiger partial charge in [-0.1, -0.05) is 28.9 Å². The topological polar surface area (TPSA) is 78.6 Å². The van der Waals surface area contributed by atoms with E-state index in [0.29, 0.717) is 24.3 Å². The van der Waals surface area contributed by atoms with E-state index in [1.807, 2.05) is 6.08 Å². The van der Waals surface area contributed by atoms with Gasteiger partial charge in [0.25, 0.3) is 0 Å². The average molecular weight is 412 g/mol. The molecule has 0 saturated heterocycles. The number of carbonyl (C=O) groups excluding carboxylic acids is 2. The number of alkyl halides is 1. The highest BCUT2D eigenvalue weighted by atomic mass is 79.9. The summed E-state index contributed by atoms with van der Waals surface area (Å²) in [5, 5.41) is 0. The number of ketones is 1. The molecule has 1 aromatic rings. The normalized spacial score (nSPS) is 22.1. The molecular formula is C18H19BrFNO4. The Morgan fingerprint density at radius 3 is 3.00 bits per heavy atom. The van der Waals surface area contributed by atoms with Gasteiger partial charge in [-0.3, -0.25) is 9.59 Å². The molecule has 25 heavy (non-hydrogen) atoms. The Balaban J connectivity index is 2.01. The number of rotatable bonds is 6. The first-order valence-corrected chi connectivity index (χ1v) is 8.92. The molecule has 0 aromatic heterocycles. The molecule has 3 rings (SSSR count). The van der Waals surface area contributed by atoms with Crippen molar-refractivity contribution in [2.45, 2.75) is 38.2 Å². The van der Waals surface area contributed by atoms with E-state index in [4.69, 9.17) is 15.2 Å². The highest BCUT2D eigenvalue weighted by Crippen LogP contribution is 2.51. The molecule has 1 amide bonds. The van der Waals surface area contributed by atoms with E-state index in [2.05, 4.69) is 15.9 Å². The van der Waals surface area contributed by atoms with Crippen LogP contribution in [0.2, 0.25) is 0 Å². The molecule has 0 bridgehead atoms. The third-order valence-corrected chi connectivity index (χ3v) is 5.47. The minimum Gasteiger partial charge on any atom is -0.485 e. The quantitative estimate of drug-likeness (QED) is 0.779. The fraction of sp³-hybridized carbons (Fsp3) is 0.444. The molecule has 1 aliphatic carbocycles. The zero-order valence-electron chi connectivity index (χ0n) is 13.8. The Hall–Kier alpha value is -1.89. The number of benzene rings is 1. The van der Waals surface area contributed by atoms with Gasteiger partial charge < -0.3 is 15.2 Å². The summed E-state index contributed by atoms with van der Waals surface area (Å²) in [4.78, 5) is 23.0. The van der Waals surface area contributed by atoms with E-state index in [0.717, 1.165) is 15.6 Å². The number of ether oxygens (including phenoxy) is 2. The van der Waals surface area contributed by atoms with Crippen molar-refractivity contribution in [3.63, 3.8) is 0 Å². The second-order valence-electron chi connectivity index (χ2n) is 6.39. The van der Waals surface area contributed by atoms with Crippen LogP contribution >= 0.6 is 15.9 Å². The van der Waals surface area contributed by atoms with Crippen LogP contribution in [0.3, 0.4) is 0 Å². The summed E-state index contributed by atoms with van der Waals surface area (Å²) in [6.45, 7) is 0.819. The molecule has 7 heteroatoms. The number of nitrogens with two attached hydrogens (primary N) is 1. The third-order valence-electron chi connectivity index (χ3n) is 4.76. The van der Waals surface area contributed by atoms with Crippen molar-refractivity contribution >= 4 is 27.6 Å². The number of halogens is 2. The van der Waals surface area contributed by atoms with Gasteiger partial charge in [-0.05, 0) is 30.5 Å². The number of hydrogen-bond acceptors (Lipinski definition) is 4. The van der Waals surface area contributed by atoms with E-state index in [1.54, 1.807) is 19.1 Å². The maximum atomic E-state index is 12.7. The smallest absolute Gasteiger partial charge is 0.228 e. The third kappa shape index (κ3) is 3.42. The number of hydrogen-bond donors (Lipinski definition) is 1. The average Bonchev–Trinajstić information content (AvgIpc) is 2.93. The van der Waals surface area contributed by atoms with Gasteiger partial charge in [-0.15, -0.1) is 0 Å². The number of amides is 1. The van der Waals surface area contributed by atoms with Gasteiger partial charge >= 0.3 is 0 Å². The monoisotopic (exact) mass is 411 g/mol. The molecule has 0 saturated carbocycles. The van der Waals surface area contributed by atoms with Crippen molar-refractivity contribution in [2.24, 2.45) is 11.7 Å². The van der Waals surface area contributed by atoms with E-state index < -0.39 is 6.86 Å². The summed E-state index contributed by atoms with van der Waals surface area (Å²) in [5.41, 5.74) is 7.22. The molecule has 3 unspecified atom stereocenters. The van der Waals surface area contributed by atoms with Gasteiger partial charge in [0.15, 0.2) is 17.3 Å². The Bertz CT molecular complexity index is 749. The zero-order chi connectivity index (χ0) is 18.1. The molecule has 1 heterocycles. The lowest BCUT2D eigenvalue weighted by Gasteiger charge is -2.20. The first-order chi connectivity index (χ1) is 11.9. The molecule has 1 aromatic carbocycles. The van der Waals surface area contributed by atoms with Crippen LogP contribution in [0.15, 0.2) is 22.7 Å². The Labute approximate surface area is 153 Å². The van der Waals surface area contributed by atoms with Crippen LogP contribution < -0.4 is 15.2 Å². The van der Waals surface area contributed by atoms with Crippen molar-refractivity contribution in [1.82, 2.24) is 0 Å². The second-order valence-corrected chi connectivity index (χ2v) is 7.24. The van der Waals surface area contributed by atoms with E-state index >= 15 is 0 Å². The molecule has 2 N–H and O–H groups in total. The number of carbonyl (C=O) groups is 2. The Kier molecular flexibility index (Phi) is 5.13. The molecule has 2 aliphatic rings. The predicted molar refractivity (Wildman–Crippen MR) is 93.3 cm³/mol. The molecule has 3 atom stereocenters. The number of allylic oxidation sites excluding steroid dienone is 1. The second kappa shape index (κ2) is 7.15. The minimum absolute atomic E-state index is 0.00461. The summed E-state index contributed by atoms with van der Waals surface area (Å²) < 4.78 is 24.5. The highest BCUT2D eigenvalue weighted by Gasteiger charge is 2.40. The first-order valence-electron chi connectivity index (χ1n) is 8.13. The number of primary amides is 1. The van der Waals surface area contributed by atoms with Crippen LogP contribution in [0.1, 0.15) is 36.8 Å². The Morgan fingerprint density at radius 1 is 1.56 bits per heavy atom. The lowest BCUT2D eigenvalue weighted by Crippen LogP contribution is -2.25. The molecule has 0 radical (unpaired) electrons. The first kappa shape index (κ1) is 17.9.